The molecule has 0 bridgehead atoms. The van der Waals surface area contributed by atoms with E-state index in [0.717, 1.165) is 45.2 Å². The van der Waals surface area contributed by atoms with Gasteiger partial charge in [-0.1, -0.05) is 19.3 Å². The number of rotatable bonds is 2. The minimum absolute atomic E-state index is 0. The Balaban J connectivity index is 0.00000196. The smallest absolute Gasteiger partial charge is 0.317 e. The Kier molecular flexibility index (Phi) is 6.33. The number of hydrogen-bond acceptors (Lipinski definition) is 3. The Morgan fingerprint density at radius 1 is 0.923 bits per heavy atom. The Labute approximate surface area is 162 Å². The minimum Gasteiger partial charge on any atom is -0.339 e. The first-order chi connectivity index (χ1) is 12.2. The van der Waals surface area contributed by atoms with Crippen LogP contribution in [0.1, 0.15) is 51.4 Å². The van der Waals surface area contributed by atoms with E-state index >= 15 is 0 Å². The van der Waals surface area contributed by atoms with Crippen LogP contribution in [0.4, 0.5) is 4.79 Å². The lowest BCUT2D eigenvalue weighted by Crippen LogP contribution is -2.55. The zero-order valence-corrected chi connectivity index (χ0v) is 16.5. The number of halogens is 1. The number of nitrogens with one attached hydrogen (secondary N) is 2. The fourth-order valence-electron chi connectivity index (χ4n) is 5.04. The molecule has 2 aliphatic carbocycles. The molecule has 2 heterocycles. The molecule has 26 heavy (non-hydrogen) atoms. The van der Waals surface area contributed by atoms with Gasteiger partial charge in [0.25, 0.3) is 0 Å². The van der Waals surface area contributed by atoms with Crippen molar-refractivity contribution in [1.82, 2.24) is 20.4 Å². The van der Waals surface area contributed by atoms with E-state index < -0.39 is 0 Å². The third-order valence-corrected chi connectivity index (χ3v) is 6.90. The molecule has 3 amide bonds. The van der Waals surface area contributed by atoms with Crippen LogP contribution in [0, 0.1) is 11.3 Å². The van der Waals surface area contributed by atoms with Gasteiger partial charge in [-0.05, 0) is 50.6 Å². The molecule has 0 aromatic heterocycles. The lowest BCUT2D eigenvalue weighted by Gasteiger charge is -2.36. The Morgan fingerprint density at radius 2 is 1.54 bits per heavy atom. The number of carbonyl (C=O) groups is 2. The van der Waals surface area contributed by atoms with Gasteiger partial charge in [-0.25, -0.2) is 4.79 Å². The van der Waals surface area contributed by atoms with Gasteiger partial charge in [0.1, 0.15) is 0 Å². The van der Waals surface area contributed by atoms with Gasteiger partial charge in [0, 0.05) is 38.1 Å². The lowest BCUT2D eigenvalue weighted by atomic mass is 9.91. The van der Waals surface area contributed by atoms with E-state index in [4.69, 9.17) is 0 Å². The zero-order valence-electron chi connectivity index (χ0n) is 15.7. The third kappa shape index (κ3) is 4.11. The molecule has 2 aliphatic heterocycles. The van der Waals surface area contributed by atoms with Crippen molar-refractivity contribution >= 4 is 24.3 Å². The maximum atomic E-state index is 12.8. The Bertz CT molecular complexity index is 510. The number of carbonyl (C=O) groups excluding carboxylic acids is 2. The van der Waals surface area contributed by atoms with Crippen molar-refractivity contribution in [2.24, 2.45) is 11.3 Å². The van der Waals surface area contributed by atoms with E-state index in [-0.39, 0.29) is 24.4 Å². The van der Waals surface area contributed by atoms with Crippen molar-refractivity contribution in [2.45, 2.75) is 57.4 Å². The first kappa shape index (κ1) is 19.7. The van der Waals surface area contributed by atoms with Crippen LogP contribution in [-0.2, 0) is 4.79 Å². The van der Waals surface area contributed by atoms with Crippen LogP contribution in [0.5, 0.6) is 0 Å². The molecule has 0 radical (unpaired) electrons. The monoisotopic (exact) mass is 384 g/mol. The Morgan fingerprint density at radius 3 is 2.19 bits per heavy atom. The minimum atomic E-state index is 0. The molecule has 4 rings (SSSR count). The average molecular weight is 385 g/mol. The van der Waals surface area contributed by atoms with Crippen molar-refractivity contribution in [3.8, 4) is 0 Å². The van der Waals surface area contributed by atoms with Gasteiger partial charge in [-0.15, -0.1) is 12.4 Å². The highest BCUT2D eigenvalue weighted by molar-refractivity contribution is 5.85. The predicted molar refractivity (Wildman–Crippen MR) is 103 cm³/mol. The van der Waals surface area contributed by atoms with Gasteiger partial charge in [0.05, 0.1) is 0 Å². The molecule has 0 aromatic carbocycles. The van der Waals surface area contributed by atoms with Gasteiger partial charge < -0.3 is 20.4 Å². The summed E-state index contributed by atoms with van der Waals surface area (Å²) in [4.78, 5) is 29.1. The van der Waals surface area contributed by atoms with Crippen molar-refractivity contribution in [1.29, 1.82) is 0 Å². The third-order valence-electron chi connectivity index (χ3n) is 6.90. The van der Waals surface area contributed by atoms with E-state index in [0.29, 0.717) is 43.5 Å². The fourth-order valence-corrected chi connectivity index (χ4v) is 5.04. The first-order valence-electron chi connectivity index (χ1n) is 10.2. The number of urea groups is 1. The maximum Gasteiger partial charge on any atom is 0.317 e. The number of amides is 3. The van der Waals surface area contributed by atoms with E-state index in [9.17, 15) is 9.59 Å². The van der Waals surface area contributed by atoms with Crippen LogP contribution < -0.4 is 10.6 Å². The number of hydrogen-bond donors (Lipinski definition) is 2. The number of nitrogens with zero attached hydrogens (tertiary/aromatic N) is 2. The van der Waals surface area contributed by atoms with E-state index in [2.05, 4.69) is 10.6 Å². The molecule has 148 valence electrons. The van der Waals surface area contributed by atoms with Crippen LogP contribution in [-0.4, -0.2) is 67.0 Å². The summed E-state index contributed by atoms with van der Waals surface area (Å²) in [6.45, 7) is 4.85. The van der Waals surface area contributed by atoms with Crippen LogP contribution in [0.3, 0.4) is 0 Å². The SMILES string of the molecule is Cl.O=C(NC1CCCCC1)N1CCN(C(=O)C2CC23CCNCC3)CC1. The summed E-state index contributed by atoms with van der Waals surface area (Å²) < 4.78 is 0. The summed E-state index contributed by atoms with van der Waals surface area (Å²) >= 11 is 0. The summed E-state index contributed by atoms with van der Waals surface area (Å²) in [5.41, 5.74) is 0.303. The van der Waals surface area contributed by atoms with Gasteiger partial charge in [-0.3, -0.25) is 4.79 Å². The normalized spacial score (nSPS) is 28.4. The molecule has 2 saturated carbocycles. The summed E-state index contributed by atoms with van der Waals surface area (Å²) in [6, 6.07) is 0.424. The topological polar surface area (TPSA) is 64.7 Å². The highest BCUT2D eigenvalue weighted by Gasteiger charge is 2.58. The highest BCUT2D eigenvalue weighted by atomic mass is 35.5. The average Bonchev–Trinajstić information content (AvgIpc) is 3.35. The van der Waals surface area contributed by atoms with Gasteiger partial charge in [0.15, 0.2) is 0 Å². The summed E-state index contributed by atoms with van der Waals surface area (Å²) in [7, 11) is 0. The second-order valence-electron chi connectivity index (χ2n) is 8.47. The molecule has 2 N–H and O–H groups in total. The predicted octanol–water partition coefficient (Wildman–Crippen LogP) is 1.98. The molecule has 6 nitrogen and oxygen atoms in total. The van der Waals surface area contributed by atoms with E-state index in [1.807, 2.05) is 9.80 Å². The van der Waals surface area contributed by atoms with Gasteiger partial charge in [0.2, 0.25) is 5.91 Å². The highest BCUT2D eigenvalue weighted by Crippen LogP contribution is 2.59. The van der Waals surface area contributed by atoms with E-state index in [1.54, 1.807) is 0 Å². The molecule has 1 unspecified atom stereocenters. The molecule has 4 fully saturated rings. The fraction of sp³-hybridized carbons (Fsp3) is 0.895. The molecular formula is C19H33ClN4O2. The summed E-state index contributed by atoms with van der Waals surface area (Å²) in [5, 5.41) is 6.59. The number of piperidine rings is 1. The molecular weight excluding hydrogens is 352 g/mol. The van der Waals surface area contributed by atoms with Crippen LogP contribution in [0.25, 0.3) is 0 Å². The zero-order chi connectivity index (χ0) is 17.3. The van der Waals surface area contributed by atoms with Crippen LogP contribution >= 0.6 is 12.4 Å². The first-order valence-corrected chi connectivity index (χ1v) is 10.2. The standard InChI is InChI=1S/C19H32N4O2.ClH/c24-17(16-14-19(16)6-8-20-9-7-19)22-10-12-23(13-11-22)18(25)21-15-4-2-1-3-5-15;/h15-16,20H,1-14H2,(H,21,25);1H. The second kappa shape index (κ2) is 8.34. The van der Waals surface area contributed by atoms with Crippen molar-refractivity contribution in [3.05, 3.63) is 0 Å². The molecule has 4 aliphatic rings. The second-order valence-corrected chi connectivity index (χ2v) is 8.47. The number of piperazine rings is 1. The van der Waals surface area contributed by atoms with Gasteiger partial charge >= 0.3 is 6.03 Å². The molecule has 1 spiro atoms. The van der Waals surface area contributed by atoms with Gasteiger partial charge in [-0.2, -0.15) is 0 Å². The van der Waals surface area contributed by atoms with Crippen molar-refractivity contribution in [3.63, 3.8) is 0 Å². The van der Waals surface area contributed by atoms with E-state index in [1.165, 1.54) is 19.3 Å². The molecule has 1 atom stereocenters. The summed E-state index contributed by atoms with van der Waals surface area (Å²) in [6.07, 6.45) is 9.35. The van der Waals surface area contributed by atoms with Crippen molar-refractivity contribution < 1.29 is 9.59 Å². The Hall–Kier alpha value is -1.01. The molecule has 2 saturated heterocycles. The molecule has 7 heteroatoms. The quantitative estimate of drug-likeness (QED) is 0.765. The maximum absolute atomic E-state index is 12.8. The van der Waals surface area contributed by atoms with Crippen LogP contribution in [0.2, 0.25) is 0 Å². The van der Waals surface area contributed by atoms with Crippen molar-refractivity contribution in [2.75, 3.05) is 39.3 Å². The lowest BCUT2D eigenvalue weighted by molar-refractivity contribution is -0.135. The summed E-state index contributed by atoms with van der Waals surface area (Å²) in [5.74, 6) is 0.589. The largest absolute Gasteiger partial charge is 0.339 e. The molecule has 0 aromatic rings. The van der Waals surface area contributed by atoms with Crippen LogP contribution in [0.15, 0.2) is 0 Å².